The summed E-state index contributed by atoms with van der Waals surface area (Å²) >= 11 is 0. The highest BCUT2D eigenvalue weighted by Crippen LogP contribution is 2.12. The highest BCUT2D eigenvalue weighted by Gasteiger charge is 2.23. The average molecular weight is 391 g/mol. The van der Waals surface area contributed by atoms with Crippen LogP contribution >= 0.6 is 0 Å². The largest absolute Gasteiger partial charge is 0.460 e. The molecule has 154 valence electrons. The minimum atomic E-state index is -0.829. The van der Waals surface area contributed by atoms with Crippen LogP contribution in [0.15, 0.2) is 42.1 Å². The van der Waals surface area contributed by atoms with Crippen molar-refractivity contribution in [2.75, 3.05) is 0 Å². The van der Waals surface area contributed by atoms with Gasteiger partial charge in [-0.15, -0.1) is 0 Å². The minimum Gasteiger partial charge on any atom is -0.460 e. The molecule has 0 spiro atoms. The van der Waals surface area contributed by atoms with Crippen molar-refractivity contribution in [3.8, 4) is 0 Å². The van der Waals surface area contributed by atoms with E-state index in [0.29, 0.717) is 0 Å². The number of benzene rings is 1. The Morgan fingerprint density at radius 3 is 2.04 bits per heavy atom. The molecule has 1 rings (SSSR count). The van der Waals surface area contributed by atoms with Gasteiger partial charge in [0.1, 0.15) is 23.5 Å². The monoisotopic (exact) mass is 391 g/mol. The van der Waals surface area contributed by atoms with Gasteiger partial charge in [-0.2, -0.15) is 0 Å². The number of esters is 2. The summed E-state index contributed by atoms with van der Waals surface area (Å²) in [6.07, 6.45) is 0.224. The lowest BCUT2D eigenvalue weighted by Gasteiger charge is -2.21. The molecule has 1 amide bonds. The van der Waals surface area contributed by atoms with Crippen molar-refractivity contribution in [2.45, 2.75) is 65.8 Å². The smallest absolute Gasteiger partial charge is 0.412 e. The molecule has 0 radical (unpaired) electrons. The maximum absolute atomic E-state index is 12.4. The maximum Gasteiger partial charge on any atom is 0.412 e. The molecule has 28 heavy (non-hydrogen) atoms. The van der Waals surface area contributed by atoms with Crippen LogP contribution in [-0.2, 0) is 30.4 Å². The zero-order valence-electron chi connectivity index (χ0n) is 17.3. The minimum absolute atomic E-state index is 0.0420. The lowest BCUT2D eigenvalue weighted by molar-refractivity contribution is -0.153. The fourth-order valence-corrected chi connectivity index (χ4v) is 1.96. The molecule has 0 saturated carbocycles. The van der Waals surface area contributed by atoms with Gasteiger partial charge in [0.2, 0.25) is 0 Å². The molecule has 7 heteroatoms. The Balaban J connectivity index is 2.78. The van der Waals surface area contributed by atoms with E-state index in [4.69, 9.17) is 14.2 Å². The number of rotatable bonds is 6. The lowest BCUT2D eigenvalue weighted by Crippen LogP contribution is -2.33. The molecule has 0 aliphatic heterocycles. The van der Waals surface area contributed by atoms with Gasteiger partial charge in [-0.1, -0.05) is 30.3 Å². The molecular formula is C21H29NO6. The Morgan fingerprint density at radius 2 is 1.50 bits per heavy atom. The molecule has 1 N–H and O–H groups in total. The standard InChI is InChI=1S/C21H29NO6/c1-20(2,3)27-17(23)13-12-16(18(24)28-21(4,5)6)22-19(25)26-14-15-10-8-7-9-11-15/h7-12H,13-14H2,1-6H3,(H,22,25)/b16-12-. The zero-order valence-corrected chi connectivity index (χ0v) is 17.3. The van der Waals surface area contributed by atoms with Crippen LogP contribution in [0.4, 0.5) is 4.79 Å². The molecule has 0 aliphatic rings. The number of amides is 1. The number of carbonyl (C=O) groups excluding carboxylic acids is 3. The molecule has 0 heterocycles. The van der Waals surface area contributed by atoms with Crippen LogP contribution < -0.4 is 5.32 Å². The topological polar surface area (TPSA) is 90.9 Å². The molecule has 0 saturated heterocycles. The van der Waals surface area contributed by atoms with Crippen LogP contribution in [0.3, 0.4) is 0 Å². The van der Waals surface area contributed by atoms with Gasteiger partial charge in [0.15, 0.2) is 0 Å². The second-order valence-electron chi connectivity index (χ2n) is 8.10. The molecule has 1 aromatic carbocycles. The second kappa shape index (κ2) is 9.92. The Kier molecular flexibility index (Phi) is 8.22. The highest BCUT2D eigenvalue weighted by atomic mass is 16.6. The fourth-order valence-electron chi connectivity index (χ4n) is 1.96. The van der Waals surface area contributed by atoms with Gasteiger partial charge >= 0.3 is 18.0 Å². The van der Waals surface area contributed by atoms with Gasteiger partial charge in [0.05, 0.1) is 6.42 Å². The molecule has 0 aliphatic carbocycles. The van der Waals surface area contributed by atoms with Crippen molar-refractivity contribution in [1.29, 1.82) is 0 Å². The van der Waals surface area contributed by atoms with Crippen LogP contribution in [0.5, 0.6) is 0 Å². The molecule has 0 fully saturated rings. The molecule has 0 atom stereocenters. The van der Waals surface area contributed by atoms with Gasteiger partial charge in [-0.3, -0.25) is 10.1 Å². The molecule has 0 unspecified atom stereocenters. The summed E-state index contributed by atoms with van der Waals surface area (Å²) in [4.78, 5) is 36.3. The highest BCUT2D eigenvalue weighted by molar-refractivity contribution is 5.93. The Labute approximate surface area is 166 Å². The molecular weight excluding hydrogens is 362 g/mol. The first-order chi connectivity index (χ1) is 12.9. The summed E-state index contributed by atoms with van der Waals surface area (Å²) in [5, 5.41) is 2.35. The first-order valence-electron chi connectivity index (χ1n) is 8.99. The SMILES string of the molecule is CC(C)(C)OC(=O)C/C=C(\NC(=O)OCc1ccccc1)C(=O)OC(C)(C)C. The third-order valence-corrected chi connectivity index (χ3v) is 2.96. The van der Waals surface area contributed by atoms with Crippen molar-refractivity contribution >= 4 is 18.0 Å². The first kappa shape index (κ1) is 23.2. The fraction of sp³-hybridized carbons (Fsp3) is 0.476. The van der Waals surface area contributed by atoms with Crippen LogP contribution in [0.2, 0.25) is 0 Å². The van der Waals surface area contributed by atoms with E-state index < -0.39 is 29.2 Å². The van der Waals surface area contributed by atoms with Gasteiger partial charge in [0, 0.05) is 0 Å². The maximum atomic E-state index is 12.4. The summed E-state index contributed by atoms with van der Waals surface area (Å²) in [7, 11) is 0. The lowest BCUT2D eigenvalue weighted by atomic mass is 10.2. The Morgan fingerprint density at radius 1 is 0.929 bits per heavy atom. The van der Waals surface area contributed by atoms with Crippen LogP contribution in [-0.4, -0.2) is 29.2 Å². The van der Waals surface area contributed by atoms with Crippen molar-refractivity contribution in [3.05, 3.63) is 47.7 Å². The van der Waals surface area contributed by atoms with Crippen LogP contribution in [0.25, 0.3) is 0 Å². The van der Waals surface area contributed by atoms with E-state index in [2.05, 4.69) is 5.32 Å². The summed E-state index contributed by atoms with van der Waals surface area (Å²) in [6, 6.07) is 9.11. The summed E-state index contributed by atoms with van der Waals surface area (Å²) in [5.41, 5.74) is -0.801. The van der Waals surface area contributed by atoms with Crippen LogP contribution in [0.1, 0.15) is 53.5 Å². The van der Waals surface area contributed by atoms with E-state index in [0.717, 1.165) is 5.56 Å². The van der Waals surface area contributed by atoms with Gasteiger partial charge in [-0.05, 0) is 53.2 Å². The third kappa shape index (κ3) is 10.4. The molecule has 0 bridgehead atoms. The van der Waals surface area contributed by atoms with E-state index in [1.807, 2.05) is 18.2 Å². The van der Waals surface area contributed by atoms with Crippen LogP contribution in [0, 0.1) is 0 Å². The predicted octanol–water partition coefficient (Wildman–Crippen LogP) is 3.87. The van der Waals surface area contributed by atoms with Gasteiger partial charge in [0.25, 0.3) is 0 Å². The second-order valence-corrected chi connectivity index (χ2v) is 8.10. The number of hydrogen-bond acceptors (Lipinski definition) is 6. The van der Waals surface area contributed by atoms with E-state index in [9.17, 15) is 14.4 Å². The van der Waals surface area contributed by atoms with Crippen molar-refractivity contribution < 1.29 is 28.6 Å². The van der Waals surface area contributed by atoms with Crippen molar-refractivity contribution in [2.24, 2.45) is 0 Å². The number of hydrogen-bond donors (Lipinski definition) is 1. The Hall–Kier alpha value is -2.83. The number of alkyl carbamates (subject to hydrolysis) is 1. The first-order valence-corrected chi connectivity index (χ1v) is 8.99. The van der Waals surface area contributed by atoms with Gasteiger partial charge < -0.3 is 14.2 Å². The normalized spacial score (nSPS) is 12.1. The average Bonchev–Trinajstić information content (AvgIpc) is 2.54. The molecule has 0 aromatic heterocycles. The number of ether oxygens (including phenoxy) is 3. The summed E-state index contributed by atoms with van der Waals surface area (Å²) in [5.74, 6) is -1.30. The van der Waals surface area contributed by atoms with Crippen molar-refractivity contribution in [1.82, 2.24) is 5.32 Å². The molecule has 1 aromatic rings. The number of nitrogens with one attached hydrogen (secondary N) is 1. The van der Waals surface area contributed by atoms with E-state index in [1.165, 1.54) is 6.08 Å². The molecule has 7 nitrogen and oxygen atoms in total. The van der Waals surface area contributed by atoms with Crippen molar-refractivity contribution in [3.63, 3.8) is 0 Å². The van der Waals surface area contributed by atoms with Gasteiger partial charge in [-0.25, -0.2) is 9.59 Å². The zero-order chi connectivity index (χ0) is 21.4. The predicted molar refractivity (Wildman–Crippen MR) is 104 cm³/mol. The Bertz CT molecular complexity index is 711. The quantitative estimate of drug-likeness (QED) is 0.450. The third-order valence-electron chi connectivity index (χ3n) is 2.96. The summed E-state index contributed by atoms with van der Waals surface area (Å²) < 4.78 is 15.6. The number of carbonyl (C=O) groups is 3. The van der Waals surface area contributed by atoms with E-state index in [-0.39, 0.29) is 18.7 Å². The van der Waals surface area contributed by atoms with E-state index in [1.54, 1.807) is 53.7 Å². The van der Waals surface area contributed by atoms with E-state index >= 15 is 0 Å². The summed E-state index contributed by atoms with van der Waals surface area (Å²) in [6.45, 7) is 10.4.